The van der Waals surface area contributed by atoms with Crippen molar-refractivity contribution in [3.8, 4) is 11.5 Å². The van der Waals surface area contributed by atoms with Gasteiger partial charge in [0.15, 0.2) is 6.10 Å². The number of amides is 1. The summed E-state index contributed by atoms with van der Waals surface area (Å²) in [7, 11) is 0. The molecule has 0 aromatic heterocycles. The molecule has 0 heterocycles. The highest BCUT2D eigenvalue weighted by Crippen LogP contribution is 2.25. The lowest BCUT2D eigenvalue weighted by molar-refractivity contribution is -0.122. The minimum atomic E-state index is -0.577. The van der Waals surface area contributed by atoms with Crippen molar-refractivity contribution in [1.29, 1.82) is 0 Å². The lowest BCUT2D eigenvalue weighted by Gasteiger charge is -2.16. The zero-order valence-corrected chi connectivity index (χ0v) is 15.7. The van der Waals surface area contributed by atoms with Crippen LogP contribution >= 0.6 is 0 Å². The number of aryl methyl sites for hydroxylation is 2. The molecule has 1 aliphatic carbocycles. The fraction of sp³-hybridized carbons (Fsp3) is 0.409. The standard InChI is InChI=1S/C22H27NO3/c1-15-8-11-21(14-16(15)2)25-17(3)22(24)23-18-9-12-20(13-10-18)26-19-6-4-5-7-19/h8-14,17,19H,4-7H2,1-3H3,(H,23,24)/t17-/m1/s1. The molecule has 0 saturated heterocycles. The fourth-order valence-electron chi connectivity index (χ4n) is 3.10. The molecule has 138 valence electrons. The quantitative estimate of drug-likeness (QED) is 0.792. The van der Waals surface area contributed by atoms with Crippen LogP contribution in [-0.4, -0.2) is 18.1 Å². The lowest BCUT2D eigenvalue weighted by Crippen LogP contribution is -2.30. The van der Waals surface area contributed by atoms with E-state index in [1.165, 1.54) is 18.4 Å². The number of anilines is 1. The van der Waals surface area contributed by atoms with Gasteiger partial charge < -0.3 is 14.8 Å². The molecule has 2 aromatic carbocycles. The Labute approximate surface area is 155 Å². The van der Waals surface area contributed by atoms with E-state index in [0.29, 0.717) is 11.9 Å². The van der Waals surface area contributed by atoms with Crippen LogP contribution in [0.2, 0.25) is 0 Å². The molecule has 26 heavy (non-hydrogen) atoms. The van der Waals surface area contributed by atoms with Gasteiger partial charge in [-0.15, -0.1) is 0 Å². The van der Waals surface area contributed by atoms with Crippen LogP contribution < -0.4 is 14.8 Å². The number of benzene rings is 2. The zero-order valence-electron chi connectivity index (χ0n) is 15.7. The summed E-state index contributed by atoms with van der Waals surface area (Å²) in [4.78, 5) is 12.4. The van der Waals surface area contributed by atoms with Gasteiger partial charge in [0.1, 0.15) is 11.5 Å². The van der Waals surface area contributed by atoms with Crippen molar-refractivity contribution in [3.63, 3.8) is 0 Å². The maximum absolute atomic E-state index is 12.4. The van der Waals surface area contributed by atoms with E-state index in [2.05, 4.69) is 12.2 Å². The Morgan fingerprint density at radius 2 is 1.65 bits per heavy atom. The zero-order chi connectivity index (χ0) is 18.5. The number of carbonyl (C=O) groups is 1. The smallest absolute Gasteiger partial charge is 0.265 e. The molecule has 1 saturated carbocycles. The van der Waals surface area contributed by atoms with Gasteiger partial charge in [-0.3, -0.25) is 4.79 Å². The van der Waals surface area contributed by atoms with Crippen molar-refractivity contribution in [3.05, 3.63) is 53.6 Å². The summed E-state index contributed by atoms with van der Waals surface area (Å²) in [6.07, 6.45) is 4.51. The SMILES string of the molecule is Cc1ccc(O[C@H](C)C(=O)Nc2ccc(OC3CCCC3)cc2)cc1C. The van der Waals surface area contributed by atoms with Gasteiger partial charge in [0.05, 0.1) is 6.10 Å². The third-order valence-electron chi connectivity index (χ3n) is 4.89. The van der Waals surface area contributed by atoms with Crippen LogP contribution in [0.3, 0.4) is 0 Å². The molecular weight excluding hydrogens is 326 g/mol. The molecule has 0 aliphatic heterocycles. The first-order chi connectivity index (χ1) is 12.5. The molecular formula is C22H27NO3. The highest BCUT2D eigenvalue weighted by molar-refractivity contribution is 5.94. The monoisotopic (exact) mass is 353 g/mol. The van der Waals surface area contributed by atoms with Gasteiger partial charge in [-0.2, -0.15) is 0 Å². The predicted octanol–water partition coefficient (Wildman–Crippen LogP) is 5.03. The molecule has 0 unspecified atom stereocenters. The van der Waals surface area contributed by atoms with Crippen LogP contribution in [0.25, 0.3) is 0 Å². The van der Waals surface area contributed by atoms with E-state index in [4.69, 9.17) is 9.47 Å². The third-order valence-corrected chi connectivity index (χ3v) is 4.89. The van der Waals surface area contributed by atoms with E-state index in [1.54, 1.807) is 6.92 Å². The second-order valence-corrected chi connectivity index (χ2v) is 7.04. The van der Waals surface area contributed by atoms with Crippen LogP contribution in [0.1, 0.15) is 43.7 Å². The predicted molar refractivity (Wildman–Crippen MR) is 104 cm³/mol. The second kappa shape index (κ2) is 8.26. The minimum Gasteiger partial charge on any atom is -0.490 e. The topological polar surface area (TPSA) is 47.6 Å². The van der Waals surface area contributed by atoms with Crippen molar-refractivity contribution in [2.24, 2.45) is 0 Å². The van der Waals surface area contributed by atoms with E-state index in [1.807, 2.05) is 49.4 Å². The molecule has 3 rings (SSSR count). The molecule has 4 heteroatoms. The Kier molecular flexibility index (Phi) is 5.82. The van der Waals surface area contributed by atoms with Crippen LogP contribution in [0.5, 0.6) is 11.5 Å². The molecule has 4 nitrogen and oxygen atoms in total. The van der Waals surface area contributed by atoms with Gasteiger partial charge in [-0.25, -0.2) is 0 Å². The van der Waals surface area contributed by atoms with E-state index in [9.17, 15) is 4.79 Å². The molecule has 1 atom stereocenters. The Hall–Kier alpha value is -2.49. The third kappa shape index (κ3) is 4.78. The summed E-state index contributed by atoms with van der Waals surface area (Å²) in [5.41, 5.74) is 3.09. The van der Waals surface area contributed by atoms with Gasteiger partial charge in [0, 0.05) is 5.69 Å². The van der Waals surface area contributed by atoms with Crippen molar-refractivity contribution >= 4 is 11.6 Å². The summed E-state index contributed by atoms with van der Waals surface area (Å²) >= 11 is 0. The molecule has 1 N–H and O–H groups in total. The molecule has 2 aromatic rings. The lowest BCUT2D eigenvalue weighted by atomic mass is 10.1. The number of nitrogens with one attached hydrogen (secondary N) is 1. The number of carbonyl (C=O) groups excluding carboxylic acids is 1. The van der Waals surface area contributed by atoms with Gasteiger partial charge in [-0.1, -0.05) is 6.07 Å². The van der Waals surface area contributed by atoms with Crippen LogP contribution in [-0.2, 0) is 4.79 Å². The summed E-state index contributed by atoms with van der Waals surface area (Å²) < 4.78 is 11.7. The number of hydrogen-bond acceptors (Lipinski definition) is 3. The first-order valence-electron chi connectivity index (χ1n) is 9.33. The highest BCUT2D eigenvalue weighted by Gasteiger charge is 2.17. The number of rotatable bonds is 6. The summed E-state index contributed by atoms with van der Waals surface area (Å²) in [5.74, 6) is 1.39. The van der Waals surface area contributed by atoms with E-state index in [0.717, 1.165) is 29.8 Å². The maximum Gasteiger partial charge on any atom is 0.265 e. The summed E-state index contributed by atoms with van der Waals surface area (Å²) in [6, 6.07) is 13.4. The molecule has 0 spiro atoms. The maximum atomic E-state index is 12.4. The molecule has 0 radical (unpaired) electrons. The van der Waals surface area contributed by atoms with Crippen molar-refractivity contribution < 1.29 is 14.3 Å². The Morgan fingerprint density at radius 3 is 2.31 bits per heavy atom. The van der Waals surface area contributed by atoms with Gasteiger partial charge in [0.25, 0.3) is 5.91 Å². The first kappa shape index (κ1) is 18.3. The van der Waals surface area contributed by atoms with Crippen LogP contribution in [0, 0.1) is 13.8 Å². The molecule has 1 amide bonds. The van der Waals surface area contributed by atoms with Crippen molar-refractivity contribution in [1.82, 2.24) is 0 Å². The second-order valence-electron chi connectivity index (χ2n) is 7.04. The van der Waals surface area contributed by atoms with Gasteiger partial charge in [0.2, 0.25) is 0 Å². The summed E-state index contributed by atoms with van der Waals surface area (Å²) in [5, 5.41) is 2.89. The highest BCUT2D eigenvalue weighted by atomic mass is 16.5. The average molecular weight is 353 g/mol. The normalized spacial score (nSPS) is 15.5. The Balaban J connectivity index is 1.53. The Morgan fingerprint density at radius 1 is 1.00 bits per heavy atom. The average Bonchev–Trinajstić information content (AvgIpc) is 3.13. The van der Waals surface area contributed by atoms with Gasteiger partial charge >= 0.3 is 0 Å². The van der Waals surface area contributed by atoms with E-state index >= 15 is 0 Å². The van der Waals surface area contributed by atoms with E-state index in [-0.39, 0.29) is 5.91 Å². The Bertz CT molecular complexity index is 748. The molecule has 1 fully saturated rings. The largest absolute Gasteiger partial charge is 0.490 e. The first-order valence-corrected chi connectivity index (χ1v) is 9.33. The number of hydrogen-bond donors (Lipinski definition) is 1. The van der Waals surface area contributed by atoms with Gasteiger partial charge in [-0.05, 0) is 94.0 Å². The molecule has 1 aliphatic rings. The summed E-state index contributed by atoms with van der Waals surface area (Å²) in [6.45, 7) is 5.83. The van der Waals surface area contributed by atoms with Crippen LogP contribution in [0.15, 0.2) is 42.5 Å². The van der Waals surface area contributed by atoms with Crippen molar-refractivity contribution in [2.45, 2.75) is 58.7 Å². The number of ether oxygens (including phenoxy) is 2. The minimum absolute atomic E-state index is 0.173. The van der Waals surface area contributed by atoms with Crippen LogP contribution in [0.4, 0.5) is 5.69 Å². The molecule has 0 bridgehead atoms. The van der Waals surface area contributed by atoms with E-state index < -0.39 is 6.10 Å². The van der Waals surface area contributed by atoms with Crippen molar-refractivity contribution in [2.75, 3.05) is 5.32 Å². The fourth-order valence-corrected chi connectivity index (χ4v) is 3.10.